The number of quaternary nitrogens is 1. The molecule has 1 saturated carbocycles. The Labute approximate surface area is 328 Å². The zero-order valence-electron chi connectivity index (χ0n) is 31.8. The molecular formula is C40H42F3N7O6S. The molecule has 1 amide bonds. The smallest absolute Gasteiger partial charge is 0.416 e. The van der Waals surface area contributed by atoms with Gasteiger partial charge in [-0.25, -0.2) is 22.6 Å². The van der Waals surface area contributed by atoms with Crippen molar-refractivity contribution in [3.8, 4) is 22.8 Å². The van der Waals surface area contributed by atoms with E-state index in [0.717, 1.165) is 36.2 Å². The standard InChI is InChI=1S/C34H36F3N7O3.C6H6O3S/c1-38-24-13-15-25(16-14-24)42-27(17-20-39-42)30-29(32(47)43(41(30)2)26-11-8-10-23(22-26)34(35,36)37)31(46)40-33(18-6-7-19-33)28(45)12-9-21-44(3,4)5;7-10(8,9)6-4-2-1-3-5-6/h8,10-11,13-17,20,22H,6-7,9,12,18-19,21H2,2-5H3;1-5H,(H,7,8,9). The molecule has 2 heterocycles. The molecule has 0 bridgehead atoms. The third-order valence-electron chi connectivity index (χ3n) is 9.63. The van der Waals surface area contributed by atoms with Crippen LogP contribution in [0.4, 0.5) is 18.9 Å². The topological polar surface area (TPSA) is 152 Å². The normalized spacial score (nSPS) is 14.0. The first-order valence-electron chi connectivity index (χ1n) is 17.9. The van der Waals surface area contributed by atoms with Gasteiger partial charge in [0, 0.05) is 19.9 Å². The minimum absolute atomic E-state index is 0.0907. The average Bonchev–Trinajstić information content (AvgIpc) is 3.89. The van der Waals surface area contributed by atoms with E-state index in [4.69, 9.17) is 6.57 Å². The van der Waals surface area contributed by atoms with E-state index < -0.39 is 38.9 Å². The molecule has 1 fully saturated rings. The fourth-order valence-corrected chi connectivity index (χ4v) is 7.33. The van der Waals surface area contributed by atoms with Gasteiger partial charge in [0.25, 0.3) is 11.5 Å². The fraction of sp³-hybridized carbons (Fsp3) is 0.325. The number of ketones is 1. The van der Waals surface area contributed by atoms with Crippen molar-refractivity contribution in [2.45, 2.75) is 55.1 Å². The number of halogens is 3. The van der Waals surface area contributed by atoms with Gasteiger partial charge in [-0.2, -0.15) is 18.3 Å². The van der Waals surface area contributed by atoms with Crippen molar-refractivity contribution in [1.29, 1.82) is 0 Å². The van der Waals surface area contributed by atoms with Crippen LogP contribution < -0.4 is 10.9 Å². The van der Waals surface area contributed by atoms with Crippen molar-refractivity contribution in [3.63, 3.8) is 0 Å². The average molecular weight is 806 g/mol. The predicted octanol–water partition coefficient (Wildman–Crippen LogP) is 6.29. The predicted molar refractivity (Wildman–Crippen MR) is 205 cm³/mol. The maximum atomic E-state index is 14.3. The quantitative estimate of drug-likeness (QED) is 0.0937. The SMILES string of the molecule is O=S(=O)([O-])c1ccccc1.[C-]#[N+]c1ccc(-n2nccc2-c2c(C(=O)NC3(C(=O)CCC[N+](C)(C)C)CCCC3)c(=O)n(-c3cccc(C(F)(F)F)c3)n2C)cc1. The van der Waals surface area contributed by atoms with Gasteiger partial charge in [-0.05, 0) is 61.4 Å². The van der Waals surface area contributed by atoms with E-state index in [2.05, 4.69) is 15.3 Å². The lowest BCUT2D eigenvalue weighted by molar-refractivity contribution is -0.870. The lowest BCUT2D eigenvalue weighted by Gasteiger charge is -2.30. The van der Waals surface area contributed by atoms with E-state index >= 15 is 0 Å². The highest BCUT2D eigenvalue weighted by atomic mass is 32.2. The van der Waals surface area contributed by atoms with Crippen molar-refractivity contribution in [1.82, 2.24) is 24.5 Å². The van der Waals surface area contributed by atoms with Crippen LogP contribution in [0.3, 0.4) is 0 Å². The summed E-state index contributed by atoms with van der Waals surface area (Å²) in [6.45, 7) is 8.02. The summed E-state index contributed by atoms with van der Waals surface area (Å²) in [4.78, 5) is 45.4. The Kier molecular flexibility index (Phi) is 12.4. The molecule has 0 radical (unpaired) electrons. The van der Waals surface area contributed by atoms with Gasteiger partial charge in [0.1, 0.15) is 21.4 Å². The van der Waals surface area contributed by atoms with Gasteiger partial charge < -0.3 is 14.4 Å². The highest BCUT2D eigenvalue weighted by Gasteiger charge is 2.43. The molecule has 2 aromatic heterocycles. The van der Waals surface area contributed by atoms with Crippen molar-refractivity contribution in [2.24, 2.45) is 7.05 Å². The molecule has 0 saturated heterocycles. The molecule has 13 nitrogen and oxygen atoms in total. The Morgan fingerprint density at radius 1 is 0.965 bits per heavy atom. The Hall–Kier alpha value is -5.83. The minimum Gasteiger partial charge on any atom is -0.744 e. The summed E-state index contributed by atoms with van der Waals surface area (Å²) < 4.78 is 76.4. The zero-order chi connectivity index (χ0) is 41.8. The van der Waals surface area contributed by atoms with Crippen LogP contribution in [-0.4, -0.2) is 81.5 Å². The van der Waals surface area contributed by atoms with Crippen LogP contribution in [0, 0.1) is 6.57 Å². The van der Waals surface area contributed by atoms with Crippen molar-refractivity contribution in [3.05, 3.63) is 124 Å². The molecule has 300 valence electrons. The Morgan fingerprint density at radius 2 is 1.61 bits per heavy atom. The van der Waals surface area contributed by atoms with E-state index in [0.29, 0.717) is 40.8 Å². The van der Waals surface area contributed by atoms with Crippen LogP contribution in [0.25, 0.3) is 27.6 Å². The van der Waals surface area contributed by atoms with Gasteiger partial charge in [0.05, 0.1) is 73.5 Å². The molecule has 0 unspecified atom stereocenters. The number of hydrogen-bond donors (Lipinski definition) is 1. The third-order valence-corrected chi connectivity index (χ3v) is 10.5. The number of benzene rings is 3. The number of alkyl halides is 3. The lowest BCUT2D eigenvalue weighted by Crippen LogP contribution is -2.53. The molecule has 1 aliphatic carbocycles. The Bertz CT molecular complexity index is 2450. The number of aromatic nitrogens is 4. The second kappa shape index (κ2) is 16.7. The van der Waals surface area contributed by atoms with Gasteiger partial charge >= 0.3 is 6.18 Å². The van der Waals surface area contributed by atoms with Gasteiger partial charge in [-0.3, -0.25) is 19.1 Å². The Morgan fingerprint density at radius 3 is 2.18 bits per heavy atom. The summed E-state index contributed by atoms with van der Waals surface area (Å²) >= 11 is 0. The van der Waals surface area contributed by atoms with Gasteiger partial charge in [0.2, 0.25) is 0 Å². The molecule has 0 atom stereocenters. The summed E-state index contributed by atoms with van der Waals surface area (Å²) in [5, 5.41) is 7.33. The van der Waals surface area contributed by atoms with Crippen LogP contribution >= 0.6 is 0 Å². The number of rotatable bonds is 11. The molecule has 1 aliphatic rings. The van der Waals surface area contributed by atoms with E-state index in [1.165, 1.54) is 59.0 Å². The number of hydrogen-bond acceptors (Lipinski definition) is 7. The number of carbonyl (C=O) groups is 2. The van der Waals surface area contributed by atoms with E-state index in [-0.39, 0.29) is 34.0 Å². The summed E-state index contributed by atoms with van der Waals surface area (Å²) in [7, 11) is 3.33. The highest BCUT2D eigenvalue weighted by molar-refractivity contribution is 7.85. The summed E-state index contributed by atoms with van der Waals surface area (Å²) in [6.07, 6.45) is 0.0144. The summed E-state index contributed by atoms with van der Waals surface area (Å²) in [5.74, 6) is -0.887. The third kappa shape index (κ3) is 9.77. The minimum atomic E-state index is -4.66. The summed E-state index contributed by atoms with van der Waals surface area (Å²) in [6, 6.07) is 19.6. The van der Waals surface area contributed by atoms with Crippen molar-refractivity contribution >= 4 is 27.5 Å². The first-order valence-corrected chi connectivity index (χ1v) is 19.4. The molecule has 0 spiro atoms. The van der Waals surface area contributed by atoms with E-state index in [1.807, 2.05) is 21.1 Å². The molecule has 17 heteroatoms. The van der Waals surface area contributed by atoms with Crippen LogP contribution in [-0.2, 0) is 28.1 Å². The van der Waals surface area contributed by atoms with E-state index in [1.54, 1.807) is 36.4 Å². The molecule has 5 aromatic rings. The first kappa shape index (κ1) is 42.3. The molecule has 1 N–H and O–H groups in total. The van der Waals surface area contributed by atoms with Crippen LogP contribution in [0.15, 0.2) is 101 Å². The van der Waals surface area contributed by atoms with Gasteiger partial charge in [-0.15, -0.1) is 0 Å². The molecule has 3 aromatic carbocycles. The van der Waals surface area contributed by atoms with Crippen LogP contribution in [0.5, 0.6) is 0 Å². The van der Waals surface area contributed by atoms with Crippen LogP contribution in [0.1, 0.15) is 54.4 Å². The van der Waals surface area contributed by atoms with Gasteiger partial charge in [0.15, 0.2) is 11.5 Å². The largest absolute Gasteiger partial charge is 0.744 e. The first-order chi connectivity index (χ1) is 26.8. The van der Waals surface area contributed by atoms with Crippen molar-refractivity contribution in [2.75, 3.05) is 27.7 Å². The van der Waals surface area contributed by atoms with Crippen LogP contribution in [0.2, 0.25) is 0 Å². The molecule has 57 heavy (non-hydrogen) atoms. The number of nitrogens with one attached hydrogen (secondary N) is 1. The summed E-state index contributed by atoms with van der Waals surface area (Å²) in [5.41, 5.74) is -2.03. The number of amides is 1. The number of Topliss-reactive ketones (excluding diaryl/α,β-unsaturated/α-hetero) is 1. The molecular weight excluding hydrogens is 764 g/mol. The lowest BCUT2D eigenvalue weighted by atomic mass is 9.88. The van der Waals surface area contributed by atoms with Gasteiger partial charge in [-0.1, -0.05) is 49.2 Å². The fourth-order valence-electron chi connectivity index (χ4n) is 6.84. The van der Waals surface area contributed by atoms with E-state index in [9.17, 15) is 40.5 Å². The maximum Gasteiger partial charge on any atom is 0.416 e. The maximum absolute atomic E-state index is 14.3. The monoisotopic (exact) mass is 805 g/mol. The molecule has 6 rings (SSSR count). The zero-order valence-corrected chi connectivity index (χ0v) is 32.6. The van der Waals surface area contributed by atoms with Crippen molar-refractivity contribution < 1.29 is 40.2 Å². The Balaban J connectivity index is 0.000000540. The number of carbonyl (C=O) groups excluding carboxylic acids is 2. The second-order valence-electron chi connectivity index (χ2n) is 14.7. The number of nitrogens with zero attached hydrogens (tertiary/aromatic N) is 6. The second-order valence-corrected chi connectivity index (χ2v) is 16.1. The molecule has 0 aliphatic heterocycles. The highest BCUT2D eigenvalue weighted by Crippen LogP contribution is 2.34.